The topological polar surface area (TPSA) is 45.4 Å². The van der Waals surface area contributed by atoms with Gasteiger partial charge in [-0.2, -0.15) is 0 Å². The summed E-state index contributed by atoms with van der Waals surface area (Å²) in [5.74, 6) is 0. The molecule has 0 radical (unpaired) electrons. The fourth-order valence-corrected chi connectivity index (χ4v) is 2.01. The number of nitrogen functional groups attached to an aromatic ring is 1. The minimum Gasteiger partial charge on any atom is -0.399 e. The van der Waals surface area contributed by atoms with Crippen molar-refractivity contribution >= 4 is 5.69 Å². The zero-order valence-corrected chi connectivity index (χ0v) is 11.3. The first kappa shape index (κ1) is 13.9. The first-order chi connectivity index (χ1) is 8.02. The number of anilines is 1. The van der Waals surface area contributed by atoms with Gasteiger partial charge < -0.3 is 10.6 Å². The van der Waals surface area contributed by atoms with Gasteiger partial charge in [0.15, 0.2) is 0 Å². The van der Waals surface area contributed by atoms with E-state index in [9.17, 15) is 0 Å². The molecule has 2 N–H and O–H groups in total. The molecule has 1 heterocycles. The van der Waals surface area contributed by atoms with Gasteiger partial charge in [0.05, 0.1) is 5.69 Å². The molecular weight excluding hydrogens is 212 g/mol. The summed E-state index contributed by atoms with van der Waals surface area (Å²) in [7, 11) is 4.20. The SMILES string of the molecule is CCN(Cc1cc(N)ccn1)C(C)CN(C)C. The second kappa shape index (κ2) is 6.57. The average Bonchev–Trinajstić information content (AvgIpc) is 2.24. The smallest absolute Gasteiger partial charge is 0.0564 e. The Bertz CT molecular complexity index is 338. The molecule has 1 aromatic heterocycles. The van der Waals surface area contributed by atoms with Gasteiger partial charge in [-0.15, -0.1) is 0 Å². The molecule has 0 bridgehead atoms. The van der Waals surface area contributed by atoms with Crippen molar-refractivity contribution in [1.29, 1.82) is 0 Å². The largest absolute Gasteiger partial charge is 0.399 e. The van der Waals surface area contributed by atoms with Crippen LogP contribution in [0.15, 0.2) is 18.3 Å². The van der Waals surface area contributed by atoms with Crippen molar-refractivity contribution in [2.45, 2.75) is 26.4 Å². The predicted molar refractivity (Wildman–Crippen MR) is 72.7 cm³/mol. The number of nitrogens with zero attached hydrogens (tertiary/aromatic N) is 3. The number of pyridine rings is 1. The van der Waals surface area contributed by atoms with E-state index < -0.39 is 0 Å². The van der Waals surface area contributed by atoms with Crippen LogP contribution in [0.1, 0.15) is 19.5 Å². The molecule has 0 aliphatic heterocycles. The van der Waals surface area contributed by atoms with Crippen molar-refractivity contribution in [2.75, 3.05) is 32.9 Å². The summed E-state index contributed by atoms with van der Waals surface area (Å²) in [5, 5.41) is 0. The Morgan fingerprint density at radius 3 is 2.65 bits per heavy atom. The van der Waals surface area contributed by atoms with Crippen LogP contribution in [0.25, 0.3) is 0 Å². The van der Waals surface area contributed by atoms with Gasteiger partial charge in [0, 0.05) is 31.0 Å². The fourth-order valence-electron chi connectivity index (χ4n) is 2.01. The summed E-state index contributed by atoms with van der Waals surface area (Å²) in [6, 6.07) is 4.28. The van der Waals surface area contributed by atoms with E-state index >= 15 is 0 Å². The quantitative estimate of drug-likeness (QED) is 0.812. The summed E-state index contributed by atoms with van der Waals surface area (Å²) in [6.07, 6.45) is 1.77. The van der Waals surface area contributed by atoms with Gasteiger partial charge in [0.25, 0.3) is 0 Å². The molecule has 4 heteroatoms. The molecule has 1 unspecified atom stereocenters. The third kappa shape index (κ3) is 4.71. The first-order valence-electron chi connectivity index (χ1n) is 6.12. The second-order valence-corrected chi connectivity index (χ2v) is 4.75. The molecule has 1 rings (SSSR count). The van der Waals surface area contributed by atoms with E-state index in [1.165, 1.54) is 0 Å². The molecule has 0 aliphatic rings. The standard InChI is InChI=1S/C13H24N4/c1-5-17(11(2)9-16(3)4)10-13-8-12(14)6-7-15-13/h6-8,11H,5,9-10H2,1-4H3,(H2,14,15). The molecule has 0 aliphatic carbocycles. The Hall–Kier alpha value is -1.13. The molecule has 0 fully saturated rings. The molecule has 0 aromatic carbocycles. The normalized spacial score (nSPS) is 13.3. The van der Waals surface area contributed by atoms with Crippen LogP contribution in [0.3, 0.4) is 0 Å². The number of nitrogens with two attached hydrogens (primary N) is 1. The number of likely N-dealkylation sites (N-methyl/N-ethyl adjacent to an activating group) is 2. The van der Waals surface area contributed by atoms with E-state index in [4.69, 9.17) is 5.73 Å². The van der Waals surface area contributed by atoms with Gasteiger partial charge in [0.1, 0.15) is 0 Å². The third-order valence-corrected chi connectivity index (χ3v) is 2.86. The predicted octanol–water partition coefficient (Wildman–Crippen LogP) is 1.44. The number of hydrogen-bond donors (Lipinski definition) is 1. The van der Waals surface area contributed by atoms with Gasteiger partial charge >= 0.3 is 0 Å². The maximum absolute atomic E-state index is 5.77. The van der Waals surface area contributed by atoms with Crippen LogP contribution in [0.2, 0.25) is 0 Å². The molecule has 0 amide bonds. The van der Waals surface area contributed by atoms with Crippen molar-refractivity contribution in [3.05, 3.63) is 24.0 Å². The van der Waals surface area contributed by atoms with Crippen molar-refractivity contribution < 1.29 is 0 Å². The Morgan fingerprint density at radius 1 is 1.41 bits per heavy atom. The van der Waals surface area contributed by atoms with E-state index in [1.54, 1.807) is 6.20 Å². The molecule has 0 saturated carbocycles. The average molecular weight is 236 g/mol. The monoisotopic (exact) mass is 236 g/mol. The summed E-state index contributed by atoms with van der Waals surface area (Å²) in [4.78, 5) is 8.97. The van der Waals surface area contributed by atoms with Crippen LogP contribution in [0.4, 0.5) is 5.69 Å². The maximum atomic E-state index is 5.77. The highest BCUT2D eigenvalue weighted by Gasteiger charge is 2.13. The van der Waals surface area contributed by atoms with E-state index in [0.29, 0.717) is 6.04 Å². The zero-order valence-electron chi connectivity index (χ0n) is 11.3. The first-order valence-corrected chi connectivity index (χ1v) is 6.12. The minimum absolute atomic E-state index is 0.512. The summed E-state index contributed by atoms with van der Waals surface area (Å²) in [6.45, 7) is 7.35. The molecule has 17 heavy (non-hydrogen) atoms. The van der Waals surface area contributed by atoms with Crippen LogP contribution < -0.4 is 5.73 Å². The molecule has 4 nitrogen and oxygen atoms in total. The van der Waals surface area contributed by atoms with Crippen molar-refractivity contribution in [1.82, 2.24) is 14.8 Å². The minimum atomic E-state index is 0.512. The molecular formula is C13H24N4. The molecule has 1 atom stereocenters. The molecule has 96 valence electrons. The highest BCUT2D eigenvalue weighted by molar-refractivity contribution is 5.37. The van der Waals surface area contributed by atoms with Crippen molar-refractivity contribution in [3.8, 4) is 0 Å². The van der Waals surface area contributed by atoms with Gasteiger partial charge in [-0.05, 0) is 39.7 Å². The van der Waals surface area contributed by atoms with Crippen molar-refractivity contribution in [2.24, 2.45) is 0 Å². The van der Waals surface area contributed by atoms with Gasteiger partial charge in [0.2, 0.25) is 0 Å². The molecule has 0 spiro atoms. The highest BCUT2D eigenvalue weighted by Crippen LogP contribution is 2.09. The lowest BCUT2D eigenvalue weighted by Gasteiger charge is -2.29. The summed E-state index contributed by atoms with van der Waals surface area (Å²) < 4.78 is 0. The lowest BCUT2D eigenvalue weighted by molar-refractivity contribution is 0.172. The highest BCUT2D eigenvalue weighted by atomic mass is 15.2. The van der Waals surface area contributed by atoms with Crippen molar-refractivity contribution in [3.63, 3.8) is 0 Å². The van der Waals surface area contributed by atoms with Crippen LogP contribution in [0.5, 0.6) is 0 Å². The molecule has 1 aromatic rings. The summed E-state index contributed by atoms with van der Waals surface area (Å²) in [5.41, 5.74) is 7.59. The second-order valence-electron chi connectivity index (χ2n) is 4.75. The Kier molecular flexibility index (Phi) is 5.38. The van der Waals surface area contributed by atoms with Crippen LogP contribution in [0, 0.1) is 0 Å². The number of hydrogen-bond acceptors (Lipinski definition) is 4. The van der Waals surface area contributed by atoms with Crippen LogP contribution >= 0.6 is 0 Å². The summed E-state index contributed by atoms with van der Waals surface area (Å²) >= 11 is 0. The van der Waals surface area contributed by atoms with E-state index in [-0.39, 0.29) is 0 Å². The van der Waals surface area contributed by atoms with Crippen LogP contribution in [-0.2, 0) is 6.54 Å². The number of rotatable bonds is 6. The molecule has 0 saturated heterocycles. The van der Waals surface area contributed by atoms with E-state index in [2.05, 4.69) is 42.7 Å². The lowest BCUT2D eigenvalue weighted by atomic mass is 10.2. The number of aromatic nitrogens is 1. The Balaban J connectivity index is 2.63. The van der Waals surface area contributed by atoms with Gasteiger partial charge in [-0.3, -0.25) is 9.88 Å². The zero-order chi connectivity index (χ0) is 12.8. The van der Waals surface area contributed by atoms with Gasteiger partial charge in [-0.25, -0.2) is 0 Å². The van der Waals surface area contributed by atoms with E-state index in [1.807, 2.05) is 12.1 Å². The lowest BCUT2D eigenvalue weighted by Crippen LogP contribution is -2.39. The fraction of sp³-hybridized carbons (Fsp3) is 0.615. The Morgan fingerprint density at radius 2 is 2.12 bits per heavy atom. The maximum Gasteiger partial charge on any atom is 0.0564 e. The van der Waals surface area contributed by atoms with E-state index in [0.717, 1.165) is 31.0 Å². The van der Waals surface area contributed by atoms with Crippen LogP contribution in [-0.4, -0.2) is 48.0 Å². The third-order valence-electron chi connectivity index (χ3n) is 2.86. The Labute approximate surface area is 104 Å². The van der Waals surface area contributed by atoms with Gasteiger partial charge in [-0.1, -0.05) is 6.92 Å².